The molecule has 0 spiro atoms. The van der Waals surface area contributed by atoms with Crippen LogP contribution in [0, 0.1) is 0 Å². The molecule has 4 heteroatoms. The Morgan fingerprint density at radius 2 is 2.41 bits per heavy atom. The molecule has 92 valence electrons. The number of halogens is 1. The Balaban J connectivity index is 1.97. The molecule has 0 amide bonds. The van der Waals surface area contributed by atoms with Crippen molar-refractivity contribution in [2.45, 2.75) is 12.5 Å². The molecule has 1 unspecified atom stereocenters. The summed E-state index contributed by atoms with van der Waals surface area (Å²) in [4.78, 5) is 14.4. The minimum Gasteiger partial charge on any atom is -0.311 e. The van der Waals surface area contributed by atoms with Crippen LogP contribution in [0.4, 0.5) is 0 Å². The van der Waals surface area contributed by atoms with Crippen LogP contribution >= 0.6 is 15.9 Å². The number of ketones is 1. The minimum absolute atomic E-state index is 0.208. The van der Waals surface area contributed by atoms with Crippen molar-refractivity contribution in [3.8, 4) is 0 Å². The predicted molar refractivity (Wildman–Crippen MR) is 72.4 cm³/mol. The minimum atomic E-state index is 0.208. The van der Waals surface area contributed by atoms with Gasteiger partial charge in [-0.1, -0.05) is 28.1 Å². The highest BCUT2D eigenvalue weighted by Crippen LogP contribution is 2.14. The molecule has 1 saturated heterocycles. The van der Waals surface area contributed by atoms with Crippen molar-refractivity contribution in [1.29, 1.82) is 0 Å². The molecular formula is C13H17BrN2O. The van der Waals surface area contributed by atoms with Crippen LogP contribution in [0.1, 0.15) is 16.8 Å². The number of benzene rings is 1. The summed E-state index contributed by atoms with van der Waals surface area (Å²) in [5, 5.41) is 3.39. The van der Waals surface area contributed by atoms with Crippen LogP contribution in [0.2, 0.25) is 0 Å². The number of hydrogen-bond acceptors (Lipinski definition) is 3. The second kappa shape index (κ2) is 5.76. The van der Waals surface area contributed by atoms with Gasteiger partial charge in [-0.05, 0) is 19.2 Å². The average Bonchev–Trinajstić information content (AvgIpc) is 2.29. The maximum absolute atomic E-state index is 12.1. The van der Waals surface area contributed by atoms with Crippen molar-refractivity contribution < 1.29 is 4.79 Å². The van der Waals surface area contributed by atoms with Gasteiger partial charge in [0, 0.05) is 42.1 Å². The van der Waals surface area contributed by atoms with Crippen molar-refractivity contribution in [2.75, 3.05) is 26.7 Å². The van der Waals surface area contributed by atoms with Crippen LogP contribution < -0.4 is 5.32 Å². The molecule has 0 aliphatic carbocycles. The lowest BCUT2D eigenvalue weighted by molar-refractivity contribution is 0.0952. The van der Waals surface area contributed by atoms with Crippen LogP contribution in [0.5, 0.6) is 0 Å². The van der Waals surface area contributed by atoms with Crippen LogP contribution in [-0.2, 0) is 0 Å². The Kier molecular flexibility index (Phi) is 4.31. The Labute approximate surface area is 110 Å². The Morgan fingerprint density at radius 3 is 3.12 bits per heavy atom. The summed E-state index contributed by atoms with van der Waals surface area (Å²) < 4.78 is 0.956. The summed E-state index contributed by atoms with van der Waals surface area (Å²) in [5.74, 6) is 0.208. The molecule has 0 radical (unpaired) electrons. The lowest BCUT2D eigenvalue weighted by Gasteiger charge is -2.30. The highest BCUT2D eigenvalue weighted by Gasteiger charge is 2.19. The molecule has 1 aromatic rings. The monoisotopic (exact) mass is 296 g/mol. The number of carbonyl (C=O) groups excluding carboxylic acids is 1. The number of nitrogens with one attached hydrogen (secondary N) is 1. The zero-order valence-electron chi connectivity index (χ0n) is 9.95. The summed E-state index contributed by atoms with van der Waals surface area (Å²) in [7, 11) is 2.09. The zero-order valence-corrected chi connectivity index (χ0v) is 11.5. The normalized spacial score (nSPS) is 21.4. The van der Waals surface area contributed by atoms with Gasteiger partial charge in [0.15, 0.2) is 5.78 Å². The van der Waals surface area contributed by atoms with E-state index in [1.807, 2.05) is 24.3 Å². The van der Waals surface area contributed by atoms with Crippen molar-refractivity contribution in [3.63, 3.8) is 0 Å². The van der Waals surface area contributed by atoms with Gasteiger partial charge in [-0.3, -0.25) is 4.79 Å². The smallest absolute Gasteiger partial charge is 0.164 e. The first-order chi connectivity index (χ1) is 8.15. The number of piperazine rings is 1. The van der Waals surface area contributed by atoms with Crippen LogP contribution in [-0.4, -0.2) is 43.4 Å². The topological polar surface area (TPSA) is 32.3 Å². The van der Waals surface area contributed by atoms with Gasteiger partial charge in [-0.2, -0.15) is 0 Å². The first-order valence-corrected chi connectivity index (χ1v) is 6.65. The summed E-state index contributed by atoms with van der Waals surface area (Å²) >= 11 is 3.39. The number of nitrogens with zero attached hydrogens (tertiary/aromatic N) is 1. The largest absolute Gasteiger partial charge is 0.311 e. The average molecular weight is 297 g/mol. The summed E-state index contributed by atoms with van der Waals surface area (Å²) in [6, 6.07) is 7.87. The van der Waals surface area contributed by atoms with Crippen molar-refractivity contribution in [2.24, 2.45) is 0 Å². The van der Waals surface area contributed by atoms with Gasteiger partial charge < -0.3 is 10.2 Å². The molecule has 1 N–H and O–H groups in total. The lowest BCUT2D eigenvalue weighted by atomic mass is 10.0. The van der Waals surface area contributed by atoms with E-state index in [1.54, 1.807) is 0 Å². The Hall–Kier alpha value is -0.710. The molecule has 3 nitrogen and oxygen atoms in total. The second-order valence-electron chi connectivity index (χ2n) is 4.55. The van der Waals surface area contributed by atoms with Crippen molar-refractivity contribution >= 4 is 21.7 Å². The summed E-state index contributed by atoms with van der Waals surface area (Å²) in [6.07, 6.45) is 0.570. The molecular weight excluding hydrogens is 280 g/mol. The second-order valence-corrected chi connectivity index (χ2v) is 5.47. The van der Waals surface area contributed by atoms with Gasteiger partial charge >= 0.3 is 0 Å². The quantitative estimate of drug-likeness (QED) is 0.865. The molecule has 1 fully saturated rings. The van der Waals surface area contributed by atoms with Gasteiger partial charge in [-0.25, -0.2) is 0 Å². The molecule has 1 aliphatic rings. The van der Waals surface area contributed by atoms with Crippen LogP contribution in [0.25, 0.3) is 0 Å². The third kappa shape index (κ3) is 3.63. The van der Waals surface area contributed by atoms with E-state index in [4.69, 9.17) is 0 Å². The first-order valence-electron chi connectivity index (χ1n) is 5.86. The molecule has 1 aromatic carbocycles. The van der Waals surface area contributed by atoms with Gasteiger partial charge in [-0.15, -0.1) is 0 Å². The lowest BCUT2D eigenvalue weighted by Crippen LogP contribution is -2.49. The third-order valence-corrected chi connectivity index (χ3v) is 3.53. The maximum Gasteiger partial charge on any atom is 0.164 e. The van der Waals surface area contributed by atoms with Gasteiger partial charge in [0.2, 0.25) is 0 Å². The van der Waals surface area contributed by atoms with E-state index >= 15 is 0 Å². The summed E-state index contributed by atoms with van der Waals surface area (Å²) in [6.45, 7) is 2.97. The van der Waals surface area contributed by atoms with E-state index in [9.17, 15) is 4.79 Å². The van der Waals surface area contributed by atoms with E-state index in [0.717, 1.165) is 29.7 Å². The van der Waals surface area contributed by atoms with Crippen molar-refractivity contribution in [1.82, 2.24) is 10.2 Å². The first kappa shape index (κ1) is 12.7. The Bertz CT molecular complexity index is 408. The molecule has 1 aliphatic heterocycles. The fourth-order valence-electron chi connectivity index (χ4n) is 2.13. The van der Waals surface area contributed by atoms with Gasteiger partial charge in [0.05, 0.1) is 0 Å². The molecule has 0 aromatic heterocycles. The molecule has 17 heavy (non-hydrogen) atoms. The number of hydrogen-bond donors (Lipinski definition) is 1. The van der Waals surface area contributed by atoms with E-state index in [1.165, 1.54) is 0 Å². The standard InChI is InChI=1S/C13H17BrN2O/c1-16-6-5-15-12(9-16)8-13(17)10-3-2-4-11(14)7-10/h2-4,7,12,15H,5-6,8-9H2,1H3. The van der Waals surface area contributed by atoms with Crippen LogP contribution in [0.15, 0.2) is 28.7 Å². The van der Waals surface area contributed by atoms with E-state index < -0.39 is 0 Å². The van der Waals surface area contributed by atoms with Crippen LogP contribution in [0.3, 0.4) is 0 Å². The van der Waals surface area contributed by atoms with Gasteiger partial charge in [0.25, 0.3) is 0 Å². The number of likely N-dealkylation sites (N-methyl/N-ethyl adjacent to an activating group) is 1. The highest BCUT2D eigenvalue weighted by atomic mass is 79.9. The van der Waals surface area contributed by atoms with Gasteiger partial charge in [0.1, 0.15) is 0 Å². The van der Waals surface area contributed by atoms with E-state index in [2.05, 4.69) is 33.2 Å². The van der Waals surface area contributed by atoms with E-state index in [-0.39, 0.29) is 11.8 Å². The highest BCUT2D eigenvalue weighted by molar-refractivity contribution is 9.10. The molecule has 2 rings (SSSR count). The zero-order chi connectivity index (χ0) is 12.3. The number of carbonyl (C=O) groups is 1. The molecule has 0 bridgehead atoms. The SMILES string of the molecule is CN1CCNC(CC(=O)c2cccc(Br)c2)C1. The number of rotatable bonds is 3. The molecule has 1 heterocycles. The predicted octanol–water partition coefficient (Wildman–Crippen LogP) is 1.93. The Morgan fingerprint density at radius 1 is 1.59 bits per heavy atom. The molecule has 1 atom stereocenters. The van der Waals surface area contributed by atoms with Crippen molar-refractivity contribution in [3.05, 3.63) is 34.3 Å². The number of Topliss-reactive ketones (excluding diaryl/α,β-unsaturated/α-hetero) is 1. The molecule has 0 saturated carbocycles. The summed E-state index contributed by atoms with van der Waals surface area (Å²) in [5.41, 5.74) is 0.786. The van der Waals surface area contributed by atoms with E-state index in [0.29, 0.717) is 6.42 Å². The third-order valence-electron chi connectivity index (χ3n) is 3.04. The fourth-order valence-corrected chi connectivity index (χ4v) is 2.53. The maximum atomic E-state index is 12.1. The fraction of sp³-hybridized carbons (Fsp3) is 0.462.